The van der Waals surface area contributed by atoms with E-state index < -0.39 is 16.0 Å². The minimum Gasteiger partial charge on any atom is -0.768 e. The Labute approximate surface area is 92.1 Å². The predicted molar refractivity (Wildman–Crippen MR) is 40.3 cm³/mol. The Hall–Kier alpha value is -0.530. The van der Waals surface area contributed by atoms with Gasteiger partial charge in [0, 0.05) is 17.0 Å². The molecule has 1 atom stereocenters. The van der Waals surface area contributed by atoms with Crippen molar-refractivity contribution in [1.82, 2.24) is 0 Å². The molecular weight excluding hydrogens is 290 g/mol. The molecule has 0 aliphatic rings. The molecule has 0 spiro atoms. The van der Waals surface area contributed by atoms with Crippen molar-refractivity contribution in [2.45, 2.75) is 4.90 Å². The van der Waals surface area contributed by atoms with Crippen molar-refractivity contribution >= 4 is 16.8 Å². The van der Waals surface area contributed by atoms with E-state index in [1.54, 1.807) is 0 Å². The summed E-state index contributed by atoms with van der Waals surface area (Å²) in [6.45, 7) is 0. The molecule has 0 bridgehead atoms. The summed E-state index contributed by atoms with van der Waals surface area (Å²) < 4.78 is 20.6. The molecule has 13 heavy (non-hydrogen) atoms. The summed E-state index contributed by atoms with van der Waals surface area (Å²) in [5.41, 5.74) is -0.121. The van der Waals surface area contributed by atoms with Gasteiger partial charge < -0.3 is 4.55 Å². The van der Waals surface area contributed by atoms with Crippen LogP contribution in [0.25, 0.3) is 0 Å². The number of hydrogen-bond donors (Lipinski definition) is 0. The van der Waals surface area contributed by atoms with Crippen LogP contribution in [0.4, 0.5) is 5.69 Å². The SMILES string of the molecule is O=[N+]([O-])c1ccc(S(=O)[O-])cc1.[Ag+]. The van der Waals surface area contributed by atoms with Crippen LogP contribution in [-0.2, 0) is 33.5 Å². The molecule has 5 nitrogen and oxygen atoms in total. The molecule has 0 aliphatic carbocycles. The second-order valence-electron chi connectivity index (χ2n) is 1.99. The Morgan fingerprint density at radius 2 is 1.69 bits per heavy atom. The zero-order valence-corrected chi connectivity index (χ0v) is 8.40. The van der Waals surface area contributed by atoms with Gasteiger partial charge in [-0.25, -0.2) is 0 Å². The maximum absolute atomic E-state index is 10.3. The monoisotopic (exact) mass is 293 g/mol. The molecule has 1 aromatic carbocycles. The molecule has 74 valence electrons. The summed E-state index contributed by atoms with van der Waals surface area (Å²) in [6, 6.07) is 4.65. The van der Waals surface area contributed by atoms with Gasteiger partial charge in [0.25, 0.3) is 5.69 Å². The van der Waals surface area contributed by atoms with Crippen molar-refractivity contribution in [2.24, 2.45) is 0 Å². The summed E-state index contributed by atoms with van der Waals surface area (Å²) >= 11 is -2.32. The first-order valence-electron chi connectivity index (χ1n) is 2.95. The molecule has 1 rings (SSSR count). The van der Waals surface area contributed by atoms with Crippen LogP contribution in [0.1, 0.15) is 0 Å². The van der Waals surface area contributed by atoms with E-state index in [4.69, 9.17) is 0 Å². The number of nitro groups is 1. The third-order valence-electron chi connectivity index (χ3n) is 1.24. The molecule has 0 radical (unpaired) electrons. The Morgan fingerprint density at radius 3 is 2.00 bits per heavy atom. The van der Waals surface area contributed by atoms with Crippen molar-refractivity contribution in [2.75, 3.05) is 0 Å². The van der Waals surface area contributed by atoms with Crippen molar-refractivity contribution in [3.63, 3.8) is 0 Å². The quantitative estimate of drug-likeness (QED) is 0.350. The fourth-order valence-corrected chi connectivity index (χ4v) is 1.04. The second-order valence-corrected chi connectivity index (χ2v) is 2.93. The summed E-state index contributed by atoms with van der Waals surface area (Å²) in [5, 5.41) is 10.1. The van der Waals surface area contributed by atoms with Gasteiger partial charge in [-0.2, -0.15) is 0 Å². The van der Waals surface area contributed by atoms with Crippen LogP contribution in [0.15, 0.2) is 29.2 Å². The van der Waals surface area contributed by atoms with Gasteiger partial charge in [0.15, 0.2) is 0 Å². The van der Waals surface area contributed by atoms with Crippen molar-refractivity contribution < 1.29 is 36.1 Å². The van der Waals surface area contributed by atoms with Gasteiger partial charge in [-0.3, -0.25) is 14.3 Å². The normalized spacial score (nSPS) is 11.5. The first-order valence-corrected chi connectivity index (χ1v) is 4.02. The standard InChI is InChI=1S/C6H5NO4S.Ag/c8-7(9)5-1-3-6(4-2-5)12(10)11;/h1-4H,(H,10,11);/q;+1/p-1. The van der Waals surface area contributed by atoms with Gasteiger partial charge in [-0.1, -0.05) is 0 Å². The maximum Gasteiger partial charge on any atom is 1.00 e. The Morgan fingerprint density at radius 1 is 1.23 bits per heavy atom. The van der Waals surface area contributed by atoms with Crippen molar-refractivity contribution in [1.29, 1.82) is 0 Å². The van der Waals surface area contributed by atoms with E-state index in [9.17, 15) is 18.9 Å². The Bertz CT molecular complexity index is 293. The molecule has 1 unspecified atom stereocenters. The fraction of sp³-hybridized carbons (Fsp3) is 0. The van der Waals surface area contributed by atoms with Gasteiger partial charge in [-0.15, -0.1) is 0 Å². The molecule has 0 aromatic heterocycles. The summed E-state index contributed by atoms with van der Waals surface area (Å²) in [5.74, 6) is 0. The summed E-state index contributed by atoms with van der Waals surface area (Å²) in [4.78, 5) is 9.59. The smallest absolute Gasteiger partial charge is 0.768 e. The topological polar surface area (TPSA) is 83.3 Å². The molecule has 0 heterocycles. The maximum atomic E-state index is 10.3. The molecule has 1 aromatic rings. The molecule has 0 saturated carbocycles. The predicted octanol–water partition coefficient (Wildman–Crippen LogP) is 0.830. The molecule has 7 heteroatoms. The van der Waals surface area contributed by atoms with E-state index >= 15 is 0 Å². The molecule has 0 aliphatic heterocycles. The van der Waals surface area contributed by atoms with E-state index in [0.717, 1.165) is 12.1 Å². The molecule has 0 N–H and O–H groups in total. The summed E-state index contributed by atoms with van der Waals surface area (Å²) in [7, 11) is 0. The van der Waals surface area contributed by atoms with Gasteiger partial charge >= 0.3 is 22.4 Å². The number of nitro benzene ring substituents is 1. The number of benzene rings is 1. The van der Waals surface area contributed by atoms with Gasteiger partial charge in [0.2, 0.25) is 0 Å². The van der Waals surface area contributed by atoms with Gasteiger partial charge in [-0.05, 0) is 23.2 Å². The van der Waals surface area contributed by atoms with Crippen molar-refractivity contribution in [3.05, 3.63) is 34.4 Å². The first kappa shape index (κ1) is 12.5. The second kappa shape index (κ2) is 5.25. The number of hydrogen-bond acceptors (Lipinski definition) is 4. The van der Waals surface area contributed by atoms with Crippen LogP contribution in [0.2, 0.25) is 0 Å². The average Bonchev–Trinajstić information content (AvgIpc) is 2.04. The van der Waals surface area contributed by atoms with Crippen LogP contribution >= 0.6 is 0 Å². The van der Waals surface area contributed by atoms with Crippen LogP contribution in [-0.4, -0.2) is 13.7 Å². The van der Waals surface area contributed by atoms with Crippen molar-refractivity contribution in [3.8, 4) is 0 Å². The zero-order valence-electron chi connectivity index (χ0n) is 6.10. The van der Waals surface area contributed by atoms with E-state index in [1.165, 1.54) is 12.1 Å². The molecule has 0 fully saturated rings. The minimum atomic E-state index is -2.32. The fourth-order valence-electron chi connectivity index (χ4n) is 0.679. The Kier molecular flexibility index (Phi) is 5.04. The molecule has 0 saturated heterocycles. The largest absolute Gasteiger partial charge is 1.00 e. The van der Waals surface area contributed by atoms with Crippen LogP contribution < -0.4 is 0 Å². The van der Waals surface area contributed by atoms with Crippen LogP contribution in [0.3, 0.4) is 0 Å². The molecular formula is C6H4AgNO4S. The van der Waals surface area contributed by atoms with Crippen LogP contribution in [0.5, 0.6) is 0 Å². The number of nitrogens with zero attached hydrogens (tertiary/aromatic N) is 1. The Balaban J connectivity index is 0.00000144. The van der Waals surface area contributed by atoms with Gasteiger partial charge in [0.1, 0.15) is 0 Å². The van der Waals surface area contributed by atoms with E-state index in [-0.39, 0.29) is 33.0 Å². The van der Waals surface area contributed by atoms with Crippen LogP contribution in [0, 0.1) is 10.1 Å². The minimum absolute atomic E-state index is 0. The van der Waals surface area contributed by atoms with E-state index in [2.05, 4.69) is 0 Å². The number of rotatable bonds is 2. The number of non-ortho nitro benzene ring substituents is 1. The zero-order chi connectivity index (χ0) is 9.14. The molecule has 0 amide bonds. The third-order valence-corrected chi connectivity index (χ3v) is 1.90. The van der Waals surface area contributed by atoms with E-state index in [0.29, 0.717) is 0 Å². The van der Waals surface area contributed by atoms with Gasteiger partial charge in [0.05, 0.1) is 4.92 Å². The summed E-state index contributed by atoms with van der Waals surface area (Å²) in [6.07, 6.45) is 0. The van der Waals surface area contributed by atoms with E-state index in [1.807, 2.05) is 0 Å². The average molecular weight is 294 g/mol. The third kappa shape index (κ3) is 3.37. The first-order chi connectivity index (χ1) is 5.61.